The highest BCUT2D eigenvalue weighted by atomic mass is 35.5. The lowest BCUT2D eigenvalue weighted by atomic mass is 9.99. The lowest BCUT2D eigenvalue weighted by Gasteiger charge is -2.27. The van der Waals surface area contributed by atoms with Crippen molar-refractivity contribution in [2.45, 2.75) is 52.1 Å². The number of carbonyl (C=O) groups is 5. The lowest BCUT2D eigenvalue weighted by Crippen LogP contribution is -2.54. The molecular weight excluding hydrogens is 710 g/mol. The van der Waals surface area contributed by atoms with Gasteiger partial charge in [-0.05, 0) is 57.0 Å². The maximum atomic E-state index is 13.3. The molecule has 7 rings (SSSR count). The van der Waals surface area contributed by atoms with E-state index in [1.165, 1.54) is 6.07 Å². The zero-order valence-electron chi connectivity index (χ0n) is 28.5. The normalized spacial score (nSPS) is 18.0. The van der Waals surface area contributed by atoms with Crippen molar-refractivity contribution in [3.8, 4) is 10.8 Å². The van der Waals surface area contributed by atoms with E-state index in [0.717, 1.165) is 37.2 Å². The van der Waals surface area contributed by atoms with Gasteiger partial charge in [-0.3, -0.25) is 43.7 Å². The van der Waals surface area contributed by atoms with Crippen molar-refractivity contribution in [1.82, 2.24) is 30.3 Å². The average Bonchev–Trinajstić information content (AvgIpc) is 3.69. The molecule has 1 fully saturated rings. The van der Waals surface area contributed by atoms with Crippen LogP contribution in [0.1, 0.15) is 79.2 Å². The molecule has 268 valence electrons. The number of rotatable bonds is 11. The second-order valence-electron chi connectivity index (χ2n) is 12.5. The van der Waals surface area contributed by atoms with E-state index < -0.39 is 35.7 Å². The molecule has 0 bridgehead atoms. The molecule has 5 amide bonds. The van der Waals surface area contributed by atoms with Gasteiger partial charge in [0.05, 0.1) is 36.5 Å². The van der Waals surface area contributed by atoms with E-state index in [0.29, 0.717) is 16.7 Å². The molecule has 1 saturated heterocycles. The van der Waals surface area contributed by atoms with Gasteiger partial charge in [-0.2, -0.15) is 0 Å². The van der Waals surface area contributed by atoms with Gasteiger partial charge in [-0.15, -0.1) is 21.5 Å². The number of hydrogen-bond acceptors (Lipinski definition) is 11. The minimum absolute atomic E-state index is 0.0307. The summed E-state index contributed by atoms with van der Waals surface area (Å²) in [6.07, 6.45) is 0.127. The second kappa shape index (κ2) is 14.4. The standard InChI is InChI=1S/C36H34ClN7O7S/c1-18-19(2)52-36-29(18)31(21-7-9-22(37)10-8-21)39-24(32-42-41-20(3)43(32)36)17-28(46)38-13-14-50-15-16-51-26-6-4-5-23-30(26)35(49)44(34(23)48)25-11-12-27(45)40-33(25)47/h4-10,24-25H,11-17H2,1-3H3,(H,38,46)(H,40,45,47)/t24-,25?/m0/s1. The highest BCUT2D eigenvalue weighted by Gasteiger charge is 2.46. The molecule has 2 atom stereocenters. The minimum atomic E-state index is -1.07. The number of thiophene rings is 1. The molecular formula is C36H34ClN7O7S. The Labute approximate surface area is 307 Å². The number of hydrogen-bond donors (Lipinski definition) is 2. The largest absolute Gasteiger partial charge is 0.490 e. The quantitative estimate of drug-likeness (QED) is 0.171. The Morgan fingerprint density at radius 2 is 1.79 bits per heavy atom. The van der Waals surface area contributed by atoms with Crippen LogP contribution in [0.5, 0.6) is 5.75 Å². The van der Waals surface area contributed by atoms with Crippen molar-refractivity contribution in [3.05, 3.63) is 91.8 Å². The summed E-state index contributed by atoms with van der Waals surface area (Å²) >= 11 is 7.84. The zero-order valence-corrected chi connectivity index (χ0v) is 30.1. The fourth-order valence-corrected chi connectivity index (χ4v) is 7.90. The summed E-state index contributed by atoms with van der Waals surface area (Å²) in [4.78, 5) is 70.7. The number of nitrogens with one attached hydrogen (secondary N) is 2. The number of benzene rings is 2. The highest BCUT2D eigenvalue weighted by Crippen LogP contribution is 2.40. The summed E-state index contributed by atoms with van der Waals surface area (Å²) in [7, 11) is 0. The van der Waals surface area contributed by atoms with Crippen LogP contribution in [0.2, 0.25) is 5.02 Å². The topological polar surface area (TPSA) is 174 Å². The van der Waals surface area contributed by atoms with Crippen LogP contribution in [0.4, 0.5) is 0 Å². The van der Waals surface area contributed by atoms with E-state index >= 15 is 0 Å². The van der Waals surface area contributed by atoms with Crippen LogP contribution in [-0.2, 0) is 19.1 Å². The molecule has 16 heteroatoms. The number of aliphatic imine (C=N–C) groups is 1. The van der Waals surface area contributed by atoms with Crippen LogP contribution >= 0.6 is 22.9 Å². The zero-order chi connectivity index (χ0) is 36.7. The monoisotopic (exact) mass is 743 g/mol. The predicted molar refractivity (Wildman–Crippen MR) is 190 cm³/mol. The first kappa shape index (κ1) is 35.2. The van der Waals surface area contributed by atoms with Gasteiger partial charge in [0, 0.05) is 34.0 Å². The number of nitrogens with zero attached hydrogens (tertiary/aromatic N) is 5. The molecule has 0 spiro atoms. The molecule has 2 aromatic heterocycles. The molecule has 5 heterocycles. The third-order valence-electron chi connectivity index (χ3n) is 9.22. The Balaban J connectivity index is 0.948. The predicted octanol–water partition coefficient (Wildman–Crippen LogP) is 3.80. The number of aryl methyl sites for hydroxylation is 2. The lowest BCUT2D eigenvalue weighted by molar-refractivity contribution is -0.136. The number of carbonyl (C=O) groups excluding carboxylic acids is 5. The van der Waals surface area contributed by atoms with Crippen LogP contribution in [0.25, 0.3) is 5.00 Å². The van der Waals surface area contributed by atoms with Gasteiger partial charge in [0.1, 0.15) is 35.3 Å². The summed E-state index contributed by atoms with van der Waals surface area (Å²) in [5.41, 5.74) is 3.92. The molecule has 2 N–H and O–H groups in total. The number of halogens is 1. The highest BCUT2D eigenvalue weighted by molar-refractivity contribution is 7.15. The maximum Gasteiger partial charge on any atom is 0.266 e. The first-order chi connectivity index (χ1) is 25.0. The van der Waals surface area contributed by atoms with E-state index in [2.05, 4.69) is 34.7 Å². The molecule has 52 heavy (non-hydrogen) atoms. The van der Waals surface area contributed by atoms with Gasteiger partial charge < -0.3 is 14.8 Å². The summed E-state index contributed by atoms with van der Waals surface area (Å²) in [6, 6.07) is 10.5. The SMILES string of the molecule is Cc1sc2c(c1C)C(c1ccc(Cl)cc1)=N[C@@H](CC(=O)NCCOCCOc1cccc3c1C(=O)N(C1CCC(=O)NC1=O)C3=O)c1nnc(C)n1-2. The van der Waals surface area contributed by atoms with Gasteiger partial charge in [0.25, 0.3) is 11.8 Å². The fraction of sp³-hybridized carbons (Fsp3) is 0.333. The van der Waals surface area contributed by atoms with Crippen molar-refractivity contribution >= 4 is 58.2 Å². The first-order valence-electron chi connectivity index (χ1n) is 16.7. The summed E-state index contributed by atoms with van der Waals surface area (Å²) in [5.74, 6) is -1.15. The van der Waals surface area contributed by atoms with E-state index in [9.17, 15) is 24.0 Å². The third-order valence-corrected chi connectivity index (χ3v) is 10.7. The Kier molecular flexibility index (Phi) is 9.74. The Morgan fingerprint density at radius 3 is 2.56 bits per heavy atom. The van der Waals surface area contributed by atoms with E-state index in [4.69, 9.17) is 26.1 Å². The van der Waals surface area contributed by atoms with Crippen LogP contribution in [0, 0.1) is 20.8 Å². The van der Waals surface area contributed by atoms with Gasteiger partial charge in [0.15, 0.2) is 5.82 Å². The molecule has 4 aromatic rings. The van der Waals surface area contributed by atoms with Gasteiger partial charge in [0.2, 0.25) is 17.7 Å². The smallest absolute Gasteiger partial charge is 0.266 e. The van der Waals surface area contributed by atoms with Crippen molar-refractivity contribution in [2.24, 2.45) is 4.99 Å². The Morgan fingerprint density at radius 1 is 1.00 bits per heavy atom. The molecule has 3 aliphatic heterocycles. The van der Waals surface area contributed by atoms with Gasteiger partial charge in [-0.25, -0.2) is 0 Å². The van der Waals surface area contributed by atoms with Crippen LogP contribution in [-0.4, -0.2) is 87.3 Å². The average molecular weight is 744 g/mol. The van der Waals surface area contributed by atoms with Crippen molar-refractivity contribution in [3.63, 3.8) is 0 Å². The van der Waals surface area contributed by atoms with Crippen molar-refractivity contribution in [1.29, 1.82) is 0 Å². The number of amides is 5. The Hall–Kier alpha value is -5.25. The number of piperidine rings is 1. The summed E-state index contributed by atoms with van der Waals surface area (Å²) in [6.45, 7) is 6.64. The number of aromatic nitrogens is 3. The fourth-order valence-electron chi connectivity index (χ4n) is 6.56. The molecule has 14 nitrogen and oxygen atoms in total. The molecule has 1 unspecified atom stereocenters. The first-order valence-corrected chi connectivity index (χ1v) is 17.9. The van der Waals surface area contributed by atoms with Crippen molar-refractivity contribution < 1.29 is 33.4 Å². The molecule has 0 radical (unpaired) electrons. The van der Waals surface area contributed by atoms with Gasteiger partial charge >= 0.3 is 0 Å². The van der Waals surface area contributed by atoms with Crippen molar-refractivity contribution in [2.75, 3.05) is 26.4 Å². The van der Waals surface area contributed by atoms with E-state index in [1.54, 1.807) is 23.5 Å². The van der Waals surface area contributed by atoms with E-state index in [-0.39, 0.29) is 68.4 Å². The second-order valence-corrected chi connectivity index (χ2v) is 14.2. The summed E-state index contributed by atoms with van der Waals surface area (Å²) < 4.78 is 13.5. The van der Waals surface area contributed by atoms with Crippen LogP contribution < -0.4 is 15.4 Å². The van der Waals surface area contributed by atoms with Crippen LogP contribution in [0.3, 0.4) is 0 Å². The number of fused-ring (bicyclic) bond motifs is 4. The van der Waals surface area contributed by atoms with Gasteiger partial charge in [-0.1, -0.05) is 29.8 Å². The third kappa shape index (κ3) is 6.50. The molecule has 0 aliphatic carbocycles. The Bertz CT molecular complexity index is 2160. The molecule has 3 aliphatic rings. The number of imide groups is 2. The van der Waals surface area contributed by atoms with E-state index in [1.807, 2.05) is 35.8 Å². The molecule has 2 aromatic carbocycles. The van der Waals surface area contributed by atoms with Crippen LogP contribution in [0.15, 0.2) is 47.5 Å². The number of ether oxygens (including phenoxy) is 2. The minimum Gasteiger partial charge on any atom is -0.490 e. The summed E-state index contributed by atoms with van der Waals surface area (Å²) in [5, 5.41) is 15.4. The maximum absolute atomic E-state index is 13.3. The molecule has 0 saturated carbocycles.